The van der Waals surface area contributed by atoms with E-state index in [1.54, 1.807) is 12.4 Å². The molecule has 154 valence electrons. The van der Waals surface area contributed by atoms with Crippen LogP contribution in [0.5, 0.6) is 5.75 Å². The highest BCUT2D eigenvalue weighted by Crippen LogP contribution is 2.27. The van der Waals surface area contributed by atoms with E-state index in [0.717, 1.165) is 29.0 Å². The fraction of sp³-hybridized carbons (Fsp3) is 0.304. The first kappa shape index (κ1) is 19.8. The normalized spacial score (nSPS) is 15.9. The van der Waals surface area contributed by atoms with Crippen LogP contribution in [0.2, 0.25) is 0 Å². The average molecular weight is 404 g/mol. The summed E-state index contributed by atoms with van der Waals surface area (Å²) in [5.74, 6) is 1.47. The molecule has 1 N–H and O–H groups in total. The quantitative estimate of drug-likeness (QED) is 0.683. The van der Waals surface area contributed by atoms with Crippen molar-refractivity contribution >= 4 is 5.91 Å². The number of nitrogens with zero attached hydrogens (tertiary/aromatic N) is 3. The molecule has 30 heavy (non-hydrogen) atoms. The second-order valence-electron chi connectivity index (χ2n) is 7.33. The molecule has 3 aromatic rings. The van der Waals surface area contributed by atoms with Gasteiger partial charge in [-0.3, -0.25) is 14.6 Å². The second kappa shape index (κ2) is 8.90. The van der Waals surface area contributed by atoms with Crippen LogP contribution in [0.4, 0.5) is 0 Å². The summed E-state index contributed by atoms with van der Waals surface area (Å²) in [6.45, 7) is 3.80. The molecule has 1 unspecified atom stereocenters. The van der Waals surface area contributed by atoms with Gasteiger partial charge in [0.15, 0.2) is 0 Å². The van der Waals surface area contributed by atoms with Crippen molar-refractivity contribution in [1.29, 1.82) is 0 Å². The number of rotatable bonds is 6. The summed E-state index contributed by atoms with van der Waals surface area (Å²) in [7, 11) is 0. The van der Waals surface area contributed by atoms with Gasteiger partial charge in [-0.2, -0.15) is 0 Å². The van der Waals surface area contributed by atoms with Gasteiger partial charge in [0.2, 0.25) is 5.91 Å². The van der Waals surface area contributed by atoms with E-state index in [0.29, 0.717) is 31.9 Å². The molecule has 2 aromatic heterocycles. The number of carbonyl (C=O) groups is 1. The number of pyridine rings is 1. The zero-order valence-corrected chi connectivity index (χ0v) is 16.9. The van der Waals surface area contributed by atoms with Crippen molar-refractivity contribution in [2.24, 2.45) is 0 Å². The maximum Gasteiger partial charge on any atom is 0.251 e. The van der Waals surface area contributed by atoms with E-state index < -0.39 is 0 Å². The zero-order chi connectivity index (χ0) is 20.9. The summed E-state index contributed by atoms with van der Waals surface area (Å²) in [5.41, 5.74) is 2.31. The van der Waals surface area contributed by atoms with E-state index in [2.05, 4.69) is 15.0 Å². The highest BCUT2D eigenvalue weighted by Gasteiger charge is 2.28. The minimum absolute atomic E-state index is 0.0529. The Morgan fingerprint density at radius 2 is 1.97 bits per heavy atom. The summed E-state index contributed by atoms with van der Waals surface area (Å²) < 4.78 is 5.45. The molecular formula is C23H24N4O3. The van der Waals surface area contributed by atoms with Crippen LogP contribution in [-0.2, 0) is 11.2 Å². The van der Waals surface area contributed by atoms with Gasteiger partial charge in [0, 0.05) is 43.0 Å². The summed E-state index contributed by atoms with van der Waals surface area (Å²) in [6, 6.07) is 12.8. The lowest BCUT2D eigenvalue weighted by molar-refractivity contribution is -0.129. The molecule has 0 radical (unpaired) electrons. The highest BCUT2D eigenvalue weighted by molar-refractivity contribution is 5.79. The third kappa shape index (κ3) is 4.56. The maximum atomic E-state index is 12.8. The lowest BCUT2D eigenvalue weighted by Gasteiger charge is -2.17. The van der Waals surface area contributed by atoms with Crippen molar-refractivity contribution in [2.75, 3.05) is 19.7 Å². The van der Waals surface area contributed by atoms with Crippen molar-refractivity contribution in [1.82, 2.24) is 19.9 Å². The van der Waals surface area contributed by atoms with Gasteiger partial charge in [-0.15, -0.1) is 0 Å². The fourth-order valence-corrected chi connectivity index (χ4v) is 3.72. The van der Waals surface area contributed by atoms with E-state index in [-0.39, 0.29) is 17.4 Å². The Morgan fingerprint density at radius 3 is 2.70 bits per heavy atom. The third-order valence-corrected chi connectivity index (χ3v) is 5.26. The third-order valence-electron chi connectivity index (χ3n) is 5.26. The standard InChI is InChI=1S/C23H24N4O3/c1-2-30-19-5-3-16(4-6-19)13-22(29)27-12-9-18(15-27)20-14-21(28)26-23(25-20)17-7-10-24-11-8-17/h3-8,10-11,14,18H,2,9,12-13,15H2,1H3,(H,25,26,28). The first-order valence-electron chi connectivity index (χ1n) is 10.1. The minimum atomic E-state index is -0.189. The van der Waals surface area contributed by atoms with Gasteiger partial charge in [0.1, 0.15) is 11.6 Å². The van der Waals surface area contributed by atoms with Crippen molar-refractivity contribution < 1.29 is 9.53 Å². The second-order valence-corrected chi connectivity index (χ2v) is 7.33. The molecule has 1 fully saturated rings. The number of carbonyl (C=O) groups excluding carboxylic acids is 1. The number of benzene rings is 1. The minimum Gasteiger partial charge on any atom is -0.494 e. The predicted molar refractivity (Wildman–Crippen MR) is 113 cm³/mol. The van der Waals surface area contributed by atoms with E-state index in [4.69, 9.17) is 4.74 Å². The molecule has 7 heteroatoms. The van der Waals surface area contributed by atoms with Crippen molar-refractivity contribution in [3.8, 4) is 17.1 Å². The number of aromatic amines is 1. The van der Waals surface area contributed by atoms with Crippen molar-refractivity contribution in [2.45, 2.75) is 25.7 Å². The van der Waals surface area contributed by atoms with Gasteiger partial charge in [0.05, 0.1) is 18.7 Å². The zero-order valence-electron chi connectivity index (χ0n) is 16.9. The largest absolute Gasteiger partial charge is 0.494 e. The Morgan fingerprint density at radius 1 is 1.20 bits per heavy atom. The first-order valence-corrected chi connectivity index (χ1v) is 10.1. The van der Waals surface area contributed by atoms with Gasteiger partial charge < -0.3 is 14.6 Å². The number of likely N-dealkylation sites (tertiary alicyclic amines) is 1. The number of hydrogen-bond acceptors (Lipinski definition) is 5. The summed E-state index contributed by atoms with van der Waals surface area (Å²) in [4.78, 5) is 38.2. The van der Waals surface area contributed by atoms with Gasteiger partial charge in [0.25, 0.3) is 5.56 Å². The van der Waals surface area contributed by atoms with E-state index in [1.807, 2.05) is 48.2 Å². The number of amides is 1. The topological polar surface area (TPSA) is 88.2 Å². The van der Waals surface area contributed by atoms with Gasteiger partial charge >= 0.3 is 0 Å². The molecule has 4 rings (SSSR count). The molecule has 0 bridgehead atoms. The fourth-order valence-electron chi connectivity index (χ4n) is 3.72. The van der Waals surface area contributed by atoms with Crippen LogP contribution in [0.1, 0.15) is 30.5 Å². The number of ether oxygens (including phenoxy) is 1. The molecule has 1 saturated heterocycles. The number of hydrogen-bond donors (Lipinski definition) is 1. The van der Waals surface area contributed by atoms with Crippen LogP contribution in [0.15, 0.2) is 59.7 Å². The van der Waals surface area contributed by atoms with Crippen LogP contribution in [0, 0.1) is 0 Å². The monoisotopic (exact) mass is 404 g/mol. The molecule has 0 spiro atoms. The molecule has 1 aromatic carbocycles. The molecule has 1 amide bonds. The molecule has 7 nitrogen and oxygen atoms in total. The Kier molecular flexibility index (Phi) is 5.88. The van der Waals surface area contributed by atoms with Gasteiger partial charge in [-0.25, -0.2) is 4.98 Å². The van der Waals surface area contributed by atoms with Crippen LogP contribution in [0.3, 0.4) is 0 Å². The van der Waals surface area contributed by atoms with Gasteiger partial charge in [-0.05, 0) is 43.2 Å². The smallest absolute Gasteiger partial charge is 0.251 e. The first-order chi connectivity index (χ1) is 14.6. The van der Waals surface area contributed by atoms with Crippen molar-refractivity contribution in [3.63, 3.8) is 0 Å². The lowest BCUT2D eigenvalue weighted by atomic mass is 10.0. The van der Waals surface area contributed by atoms with E-state index in [1.165, 1.54) is 6.07 Å². The van der Waals surface area contributed by atoms with Crippen molar-refractivity contribution in [3.05, 3.63) is 76.5 Å². The summed E-state index contributed by atoms with van der Waals surface area (Å²) >= 11 is 0. The Balaban J connectivity index is 1.43. The summed E-state index contributed by atoms with van der Waals surface area (Å²) in [5, 5.41) is 0. The summed E-state index contributed by atoms with van der Waals surface area (Å²) in [6.07, 6.45) is 4.48. The Bertz CT molecular complexity index is 1060. The molecular weight excluding hydrogens is 380 g/mol. The van der Waals surface area contributed by atoms with Gasteiger partial charge in [-0.1, -0.05) is 12.1 Å². The number of H-pyrrole nitrogens is 1. The van der Waals surface area contributed by atoms with Crippen LogP contribution in [-0.4, -0.2) is 45.5 Å². The van der Waals surface area contributed by atoms with Crippen LogP contribution < -0.4 is 10.3 Å². The SMILES string of the molecule is CCOc1ccc(CC(=O)N2CCC(c3cc(=O)[nH]c(-c4ccncc4)n3)C2)cc1. The maximum absolute atomic E-state index is 12.8. The number of aromatic nitrogens is 3. The average Bonchev–Trinajstić information content (AvgIpc) is 3.26. The van der Waals surface area contributed by atoms with E-state index in [9.17, 15) is 9.59 Å². The highest BCUT2D eigenvalue weighted by atomic mass is 16.5. The van der Waals surface area contributed by atoms with Crippen LogP contribution >= 0.6 is 0 Å². The molecule has 1 atom stereocenters. The molecule has 1 aliphatic heterocycles. The molecule has 3 heterocycles. The molecule has 1 aliphatic rings. The number of nitrogens with one attached hydrogen (secondary N) is 1. The van der Waals surface area contributed by atoms with Crippen LogP contribution in [0.25, 0.3) is 11.4 Å². The molecule has 0 aliphatic carbocycles. The lowest BCUT2D eigenvalue weighted by Crippen LogP contribution is -2.30. The van der Waals surface area contributed by atoms with E-state index >= 15 is 0 Å². The Labute approximate surface area is 174 Å². The Hall–Kier alpha value is -3.48. The molecule has 0 saturated carbocycles. The predicted octanol–water partition coefficient (Wildman–Crippen LogP) is 2.79.